The van der Waals surface area contributed by atoms with Crippen molar-refractivity contribution in [1.29, 1.82) is 0 Å². The van der Waals surface area contributed by atoms with Crippen LogP contribution in [0.15, 0.2) is 30.6 Å². The van der Waals surface area contributed by atoms with Gasteiger partial charge in [0.15, 0.2) is 0 Å². The predicted molar refractivity (Wildman–Crippen MR) is 105 cm³/mol. The first-order chi connectivity index (χ1) is 13.6. The minimum absolute atomic E-state index is 0.612. The van der Waals surface area contributed by atoms with E-state index in [4.69, 9.17) is 14.6 Å². The molecule has 7 nitrogen and oxygen atoms in total. The fourth-order valence-electron chi connectivity index (χ4n) is 3.60. The van der Waals surface area contributed by atoms with Gasteiger partial charge in [-0.25, -0.2) is 9.67 Å². The summed E-state index contributed by atoms with van der Waals surface area (Å²) in [5, 5.41) is 14.9. The number of aliphatic hydroxyl groups excluding tert-OH is 1. The van der Waals surface area contributed by atoms with Gasteiger partial charge in [-0.1, -0.05) is 0 Å². The Morgan fingerprint density at radius 1 is 1.21 bits per heavy atom. The third-order valence-corrected chi connectivity index (χ3v) is 5.01. The Kier molecular flexibility index (Phi) is 5.11. The molecule has 1 aliphatic heterocycles. The Balaban J connectivity index is 1.87. The average Bonchev–Trinajstić information content (AvgIpc) is 2.89. The van der Waals surface area contributed by atoms with Crippen LogP contribution >= 0.6 is 0 Å². The first kappa shape index (κ1) is 18.6. The second kappa shape index (κ2) is 7.69. The van der Waals surface area contributed by atoms with Gasteiger partial charge >= 0.3 is 0 Å². The van der Waals surface area contributed by atoms with Gasteiger partial charge in [0.25, 0.3) is 0 Å². The number of pyridine rings is 2. The maximum Gasteiger partial charge on any atom is 0.216 e. The van der Waals surface area contributed by atoms with Crippen molar-refractivity contribution >= 4 is 0 Å². The molecule has 0 aromatic carbocycles. The molecule has 1 aliphatic rings. The monoisotopic (exact) mass is 380 g/mol. The number of aliphatic hydroxyl groups is 1. The van der Waals surface area contributed by atoms with Crippen molar-refractivity contribution in [2.75, 3.05) is 20.3 Å². The van der Waals surface area contributed by atoms with Gasteiger partial charge < -0.3 is 14.6 Å². The zero-order valence-electron chi connectivity index (χ0n) is 16.3. The summed E-state index contributed by atoms with van der Waals surface area (Å²) in [5.41, 5.74) is 6.64. The highest BCUT2D eigenvalue weighted by molar-refractivity contribution is 5.65. The zero-order chi connectivity index (χ0) is 19.7. The molecule has 4 rings (SSSR count). The second-order valence-corrected chi connectivity index (χ2v) is 6.96. The van der Waals surface area contributed by atoms with Crippen LogP contribution in [0, 0.1) is 6.92 Å². The Bertz CT molecular complexity index is 997. The molecule has 1 atom stereocenters. The van der Waals surface area contributed by atoms with Crippen LogP contribution in [0.25, 0.3) is 16.9 Å². The number of nitrogens with zero attached hydrogens (tertiary/aromatic N) is 4. The van der Waals surface area contributed by atoms with Crippen LogP contribution in [0.5, 0.6) is 5.88 Å². The van der Waals surface area contributed by atoms with Crippen molar-refractivity contribution in [3.8, 4) is 22.8 Å². The van der Waals surface area contributed by atoms with Gasteiger partial charge in [0.1, 0.15) is 0 Å². The first-order valence-corrected chi connectivity index (χ1v) is 9.42. The lowest BCUT2D eigenvalue weighted by molar-refractivity contribution is 0.145. The predicted octanol–water partition coefficient (Wildman–Crippen LogP) is 2.81. The summed E-state index contributed by atoms with van der Waals surface area (Å²) in [4.78, 5) is 8.66. The van der Waals surface area contributed by atoms with Crippen LogP contribution in [-0.2, 0) is 17.6 Å². The number of hydrogen-bond donors (Lipinski definition) is 1. The third kappa shape index (κ3) is 3.39. The third-order valence-electron chi connectivity index (χ3n) is 5.01. The summed E-state index contributed by atoms with van der Waals surface area (Å²) in [5.74, 6) is 0.612. The van der Waals surface area contributed by atoms with Crippen molar-refractivity contribution < 1.29 is 14.6 Å². The van der Waals surface area contributed by atoms with Crippen LogP contribution in [0.2, 0.25) is 0 Å². The van der Waals surface area contributed by atoms with E-state index in [1.807, 2.05) is 29.8 Å². The molecule has 0 aliphatic carbocycles. The normalized spacial score (nSPS) is 15.0. The Morgan fingerprint density at radius 3 is 2.79 bits per heavy atom. The summed E-state index contributed by atoms with van der Waals surface area (Å²) < 4.78 is 13.0. The quantitative estimate of drug-likeness (QED) is 0.749. The highest BCUT2D eigenvalue weighted by Crippen LogP contribution is 2.31. The lowest BCUT2D eigenvalue weighted by Crippen LogP contribution is -2.06. The number of hydrogen-bond acceptors (Lipinski definition) is 6. The summed E-state index contributed by atoms with van der Waals surface area (Å²) in [6, 6.07) is 5.87. The highest BCUT2D eigenvalue weighted by atomic mass is 16.5. The fraction of sp³-hybridized carbons (Fsp3) is 0.381. The molecule has 3 aromatic heterocycles. The molecule has 0 saturated heterocycles. The molecule has 0 spiro atoms. The van der Waals surface area contributed by atoms with Crippen molar-refractivity contribution in [2.45, 2.75) is 32.8 Å². The Hall–Kier alpha value is -2.77. The summed E-state index contributed by atoms with van der Waals surface area (Å²) in [6.45, 7) is 5.01. The largest absolute Gasteiger partial charge is 0.481 e. The van der Waals surface area contributed by atoms with Crippen LogP contribution in [0.3, 0.4) is 0 Å². The van der Waals surface area contributed by atoms with E-state index in [0.717, 1.165) is 41.0 Å². The van der Waals surface area contributed by atoms with Crippen molar-refractivity contribution in [2.24, 2.45) is 0 Å². The van der Waals surface area contributed by atoms with Crippen molar-refractivity contribution in [3.05, 3.63) is 53.1 Å². The standard InChI is InChI=1S/C21H24N4O3/c1-13-10-16(12-23-21(13)27-3)25-19-6-9-28-8-5-17(19)20(24-25)15-4-7-22-18(11-15)14(2)26/h4,7,10-12,14,26H,5-6,8-9H2,1-3H3. The number of methoxy groups -OCH3 is 1. The topological polar surface area (TPSA) is 82.3 Å². The van der Waals surface area contributed by atoms with Gasteiger partial charge in [0.2, 0.25) is 5.88 Å². The number of rotatable bonds is 4. The minimum Gasteiger partial charge on any atom is -0.481 e. The number of ether oxygens (including phenoxy) is 2. The van der Waals surface area contributed by atoms with E-state index in [2.05, 4.69) is 9.97 Å². The highest BCUT2D eigenvalue weighted by Gasteiger charge is 2.23. The molecular weight excluding hydrogens is 356 g/mol. The molecule has 4 heterocycles. The summed E-state index contributed by atoms with van der Waals surface area (Å²) in [6.07, 6.45) is 4.44. The minimum atomic E-state index is -0.627. The van der Waals surface area contributed by atoms with E-state index >= 15 is 0 Å². The van der Waals surface area contributed by atoms with E-state index in [9.17, 15) is 5.11 Å². The first-order valence-electron chi connectivity index (χ1n) is 9.42. The molecular formula is C21H24N4O3. The molecule has 7 heteroatoms. The van der Waals surface area contributed by atoms with Crippen molar-refractivity contribution in [3.63, 3.8) is 0 Å². The molecule has 0 bridgehead atoms. The van der Waals surface area contributed by atoms with Crippen LogP contribution in [-0.4, -0.2) is 45.2 Å². The molecule has 3 aromatic rings. The van der Waals surface area contributed by atoms with E-state index < -0.39 is 6.10 Å². The molecule has 146 valence electrons. The van der Waals surface area contributed by atoms with E-state index in [-0.39, 0.29) is 0 Å². The van der Waals surface area contributed by atoms with Crippen molar-refractivity contribution in [1.82, 2.24) is 19.7 Å². The Morgan fingerprint density at radius 2 is 2.04 bits per heavy atom. The molecule has 0 radical (unpaired) electrons. The van der Waals surface area contributed by atoms with Crippen LogP contribution in [0.1, 0.15) is 35.5 Å². The maximum absolute atomic E-state index is 9.91. The number of aryl methyl sites for hydroxylation is 1. The lowest BCUT2D eigenvalue weighted by Gasteiger charge is -2.09. The lowest BCUT2D eigenvalue weighted by atomic mass is 10.0. The van der Waals surface area contributed by atoms with Gasteiger partial charge in [-0.05, 0) is 38.5 Å². The number of aromatic nitrogens is 4. The molecule has 0 fully saturated rings. The molecule has 28 heavy (non-hydrogen) atoms. The summed E-state index contributed by atoms with van der Waals surface area (Å²) in [7, 11) is 1.62. The molecule has 0 saturated carbocycles. The fourth-order valence-corrected chi connectivity index (χ4v) is 3.60. The Labute approximate surface area is 164 Å². The average molecular weight is 380 g/mol. The zero-order valence-corrected chi connectivity index (χ0v) is 16.3. The van der Waals surface area contributed by atoms with E-state index in [1.165, 1.54) is 5.56 Å². The van der Waals surface area contributed by atoms with Gasteiger partial charge in [0, 0.05) is 29.3 Å². The van der Waals surface area contributed by atoms with Gasteiger partial charge in [-0.2, -0.15) is 5.10 Å². The summed E-state index contributed by atoms with van der Waals surface area (Å²) >= 11 is 0. The van der Waals surface area contributed by atoms with Crippen LogP contribution in [0.4, 0.5) is 0 Å². The van der Waals surface area contributed by atoms with Gasteiger partial charge in [-0.15, -0.1) is 0 Å². The smallest absolute Gasteiger partial charge is 0.216 e. The van der Waals surface area contributed by atoms with Gasteiger partial charge in [0.05, 0.1) is 55.4 Å². The SMILES string of the molecule is COc1ncc(-n2nc(-c3ccnc(C(C)O)c3)c3c2CCOCC3)cc1C. The molecule has 1 N–H and O–H groups in total. The van der Waals surface area contributed by atoms with E-state index in [1.54, 1.807) is 26.4 Å². The number of fused-ring (bicyclic) bond motifs is 1. The van der Waals surface area contributed by atoms with E-state index in [0.29, 0.717) is 24.8 Å². The maximum atomic E-state index is 9.91. The molecule has 1 unspecified atom stereocenters. The van der Waals surface area contributed by atoms with Crippen LogP contribution < -0.4 is 4.74 Å². The second-order valence-electron chi connectivity index (χ2n) is 6.96. The van der Waals surface area contributed by atoms with Gasteiger partial charge in [-0.3, -0.25) is 4.98 Å². The molecule has 0 amide bonds.